The van der Waals surface area contributed by atoms with E-state index < -0.39 is 0 Å². The first-order valence-electron chi connectivity index (χ1n) is 24.8. The molecule has 0 atom stereocenters. The van der Waals surface area contributed by atoms with Crippen LogP contribution in [0.4, 0.5) is 0 Å². The second kappa shape index (κ2) is 15.1. The molecule has 12 aromatic carbocycles. The van der Waals surface area contributed by atoms with E-state index in [1.807, 2.05) is 0 Å². The fraction of sp³-hybridized carbons (Fsp3) is 0.0857. The minimum absolute atomic E-state index is 0.163. The minimum Gasteiger partial charge on any atom is -0.0622 e. The van der Waals surface area contributed by atoms with Crippen molar-refractivity contribution in [2.24, 2.45) is 0 Å². The highest BCUT2D eigenvalue weighted by atomic mass is 14.4. The standard InChI is InChI=1S/C70H50/c1-69(2)63-27-14-12-24-55(63)57-35-31-49(41-65(57)69)67-61-39-47(52-26-16-22-43-19-10-11-23-51(43)52)29-33-53(61)54-34-30-48(60-38-46-21-9-8-20-45(46)37-59(60)44-17-6-5-7-18-44)40-62(54)68(67)50-32-36-58-56-25-13-15-28-64(56)70(3,4)66(58)42-50/h5-42H,1-4H3. The van der Waals surface area contributed by atoms with Crippen LogP contribution in [0, 0.1) is 0 Å². The monoisotopic (exact) mass is 890 g/mol. The lowest BCUT2D eigenvalue weighted by Crippen LogP contribution is -2.15. The molecule has 0 bridgehead atoms. The van der Waals surface area contributed by atoms with E-state index >= 15 is 0 Å². The van der Waals surface area contributed by atoms with Crippen molar-refractivity contribution in [3.05, 3.63) is 253 Å². The molecule has 0 fully saturated rings. The smallest absolute Gasteiger partial charge is 0.0159 e. The van der Waals surface area contributed by atoms with Gasteiger partial charge < -0.3 is 0 Å². The Morgan fingerprint density at radius 3 is 1.20 bits per heavy atom. The molecule has 0 nitrogen and oxygen atoms in total. The van der Waals surface area contributed by atoms with E-state index in [0.717, 1.165) is 0 Å². The summed E-state index contributed by atoms with van der Waals surface area (Å²) in [5.41, 5.74) is 22.9. The Morgan fingerprint density at radius 2 is 0.629 bits per heavy atom. The van der Waals surface area contributed by atoms with Crippen molar-refractivity contribution < 1.29 is 0 Å². The van der Waals surface area contributed by atoms with Crippen molar-refractivity contribution in [2.45, 2.75) is 38.5 Å². The predicted molar refractivity (Wildman–Crippen MR) is 299 cm³/mol. The zero-order chi connectivity index (χ0) is 46.9. The topological polar surface area (TPSA) is 0 Å². The molecular formula is C70H50. The van der Waals surface area contributed by atoms with Crippen molar-refractivity contribution in [2.75, 3.05) is 0 Å². The summed E-state index contributed by atoms with van der Waals surface area (Å²) in [5, 5.41) is 10.00. The molecule has 0 radical (unpaired) electrons. The first-order valence-corrected chi connectivity index (χ1v) is 24.8. The van der Waals surface area contributed by atoms with Crippen LogP contribution >= 0.6 is 0 Å². The van der Waals surface area contributed by atoms with E-state index in [0.29, 0.717) is 0 Å². The van der Waals surface area contributed by atoms with Crippen LogP contribution in [0.1, 0.15) is 49.9 Å². The first-order chi connectivity index (χ1) is 34.2. The number of hydrogen-bond acceptors (Lipinski definition) is 0. The second-order valence-corrected chi connectivity index (χ2v) is 20.8. The molecule has 0 spiro atoms. The molecule has 12 aromatic rings. The molecule has 0 saturated carbocycles. The van der Waals surface area contributed by atoms with Gasteiger partial charge in [0.2, 0.25) is 0 Å². The van der Waals surface area contributed by atoms with Gasteiger partial charge in [0.1, 0.15) is 0 Å². The molecule has 0 saturated heterocycles. The van der Waals surface area contributed by atoms with Crippen LogP contribution in [0.5, 0.6) is 0 Å². The van der Waals surface area contributed by atoms with Crippen LogP contribution in [0.3, 0.4) is 0 Å². The molecule has 2 aliphatic rings. The van der Waals surface area contributed by atoms with Gasteiger partial charge in [-0.2, -0.15) is 0 Å². The van der Waals surface area contributed by atoms with Gasteiger partial charge >= 0.3 is 0 Å². The Morgan fingerprint density at radius 1 is 0.214 bits per heavy atom. The Balaban J connectivity index is 1.13. The predicted octanol–water partition coefficient (Wildman–Crippen LogP) is 19.2. The largest absolute Gasteiger partial charge is 0.0622 e. The lowest BCUT2D eigenvalue weighted by molar-refractivity contribution is 0.660. The summed E-state index contributed by atoms with van der Waals surface area (Å²) in [7, 11) is 0. The Bertz CT molecular complexity index is 4160. The number of benzene rings is 12. The maximum Gasteiger partial charge on any atom is 0.0159 e. The molecule has 0 aliphatic heterocycles. The molecule has 0 aromatic heterocycles. The fourth-order valence-electron chi connectivity index (χ4n) is 12.7. The lowest BCUT2D eigenvalue weighted by Gasteiger charge is -2.25. The average molecular weight is 891 g/mol. The molecule has 0 heteroatoms. The van der Waals surface area contributed by atoms with Crippen molar-refractivity contribution in [1.29, 1.82) is 0 Å². The van der Waals surface area contributed by atoms with Gasteiger partial charge in [0.25, 0.3) is 0 Å². The van der Waals surface area contributed by atoms with Crippen LogP contribution in [0.25, 0.3) is 121 Å². The molecule has 70 heavy (non-hydrogen) atoms. The molecule has 0 heterocycles. The average Bonchev–Trinajstić information content (AvgIpc) is 3.78. The van der Waals surface area contributed by atoms with Gasteiger partial charge in [0, 0.05) is 10.8 Å². The normalized spacial score (nSPS) is 13.9. The Hall–Kier alpha value is -8.32. The molecule has 2 aliphatic carbocycles. The number of rotatable bonds is 5. The van der Waals surface area contributed by atoms with Gasteiger partial charge in [0.05, 0.1) is 0 Å². The van der Waals surface area contributed by atoms with E-state index in [1.165, 1.54) is 143 Å². The summed E-state index contributed by atoms with van der Waals surface area (Å²) >= 11 is 0. The Labute approximate surface area is 410 Å². The second-order valence-electron chi connectivity index (χ2n) is 20.8. The molecule has 0 amide bonds. The molecule has 0 N–H and O–H groups in total. The minimum atomic E-state index is -0.166. The lowest BCUT2D eigenvalue weighted by atomic mass is 9.78. The maximum absolute atomic E-state index is 2.54. The SMILES string of the molecule is CC1(C)c2ccccc2-c2ccc(-c3c(-c4ccc5c(c4)C(C)(C)c4ccccc4-5)c4cc(-c5cccc6ccccc56)ccc4c4ccc(-c5cc6ccccc6cc5-c5ccccc5)cc34)cc21. The van der Waals surface area contributed by atoms with E-state index in [2.05, 4.69) is 258 Å². The zero-order valence-electron chi connectivity index (χ0n) is 39.9. The fourth-order valence-corrected chi connectivity index (χ4v) is 12.7. The van der Waals surface area contributed by atoms with Crippen LogP contribution in [-0.4, -0.2) is 0 Å². The van der Waals surface area contributed by atoms with Crippen LogP contribution in [-0.2, 0) is 10.8 Å². The highest BCUT2D eigenvalue weighted by molar-refractivity contribution is 6.23. The summed E-state index contributed by atoms with van der Waals surface area (Å²) in [6, 6.07) is 87.3. The maximum atomic E-state index is 2.54. The van der Waals surface area contributed by atoms with Crippen LogP contribution in [0.15, 0.2) is 231 Å². The molecule has 14 rings (SSSR count). The number of hydrogen-bond donors (Lipinski definition) is 0. The van der Waals surface area contributed by atoms with Crippen molar-refractivity contribution in [1.82, 2.24) is 0 Å². The highest BCUT2D eigenvalue weighted by Gasteiger charge is 2.37. The van der Waals surface area contributed by atoms with Crippen molar-refractivity contribution in [3.63, 3.8) is 0 Å². The van der Waals surface area contributed by atoms with Gasteiger partial charge in [-0.15, -0.1) is 0 Å². The van der Waals surface area contributed by atoms with E-state index in [4.69, 9.17) is 0 Å². The quantitative estimate of drug-likeness (QED) is 0.151. The van der Waals surface area contributed by atoms with Crippen molar-refractivity contribution >= 4 is 43.1 Å². The third kappa shape index (κ3) is 5.96. The highest BCUT2D eigenvalue weighted by Crippen LogP contribution is 2.55. The molecular weight excluding hydrogens is 841 g/mol. The van der Waals surface area contributed by atoms with Crippen LogP contribution in [0.2, 0.25) is 0 Å². The third-order valence-electron chi connectivity index (χ3n) is 16.2. The van der Waals surface area contributed by atoms with Crippen LogP contribution < -0.4 is 0 Å². The van der Waals surface area contributed by atoms with Gasteiger partial charge in [-0.3, -0.25) is 0 Å². The summed E-state index contributed by atoms with van der Waals surface area (Å²) in [6.07, 6.45) is 0. The number of fused-ring (bicyclic) bond motifs is 11. The summed E-state index contributed by atoms with van der Waals surface area (Å²) in [5.74, 6) is 0. The summed E-state index contributed by atoms with van der Waals surface area (Å²) in [4.78, 5) is 0. The first kappa shape index (κ1) is 40.7. The molecule has 0 unspecified atom stereocenters. The zero-order valence-corrected chi connectivity index (χ0v) is 39.9. The van der Waals surface area contributed by atoms with E-state index in [9.17, 15) is 0 Å². The Kier molecular flexibility index (Phi) is 8.78. The van der Waals surface area contributed by atoms with Gasteiger partial charge in [-0.05, 0) is 180 Å². The van der Waals surface area contributed by atoms with Crippen molar-refractivity contribution in [3.8, 4) is 77.9 Å². The van der Waals surface area contributed by atoms with E-state index in [-0.39, 0.29) is 10.8 Å². The third-order valence-corrected chi connectivity index (χ3v) is 16.2. The summed E-state index contributed by atoms with van der Waals surface area (Å²) in [6.45, 7) is 9.61. The molecule has 330 valence electrons. The van der Waals surface area contributed by atoms with Gasteiger partial charge in [-0.1, -0.05) is 222 Å². The summed E-state index contributed by atoms with van der Waals surface area (Å²) < 4.78 is 0. The van der Waals surface area contributed by atoms with E-state index in [1.54, 1.807) is 0 Å². The van der Waals surface area contributed by atoms with Gasteiger partial charge in [0.15, 0.2) is 0 Å². The van der Waals surface area contributed by atoms with Gasteiger partial charge in [-0.25, -0.2) is 0 Å².